The Kier molecular flexibility index (Phi) is 7.48. The maximum Gasteiger partial charge on any atom is 0.220 e. The van der Waals surface area contributed by atoms with E-state index in [1.54, 1.807) is 0 Å². The van der Waals surface area contributed by atoms with Gasteiger partial charge in [0.25, 0.3) is 0 Å². The van der Waals surface area contributed by atoms with Crippen LogP contribution in [-0.2, 0) is 9.53 Å². The van der Waals surface area contributed by atoms with E-state index in [0.717, 1.165) is 12.8 Å². The third-order valence-corrected chi connectivity index (χ3v) is 4.38. The number of nitrogens with one attached hydrogen (secondary N) is 1. The number of ether oxygens (including phenoxy) is 1. The number of amides is 1. The summed E-state index contributed by atoms with van der Waals surface area (Å²) >= 11 is 0. The van der Waals surface area contributed by atoms with Crippen molar-refractivity contribution in [3.05, 3.63) is 0 Å². The molecule has 5 nitrogen and oxygen atoms in total. The van der Waals surface area contributed by atoms with Gasteiger partial charge in [-0.15, -0.1) is 0 Å². The zero-order chi connectivity index (χ0) is 15.0. The molecular formula is C15H30N2O3. The van der Waals surface area contributed by atoms with E-state index < -0.39 is 5.54 Å². The molecule has 0 aliphatic carbocycles. The smallest absolute Gasteiger partial charge is 0.220 e. The summed E-state index contributed by atoms with van der Waals surface area (Å²) in [6.07, 6.45) is 3.70. The summed E-state index contributed by atoms with van der Waals surface area (Å²) in [5.41, 5.74) is 5.14. The first kappa shape index (κ1) is 17.4. The van der Waals surface area contributed by atoms with Crippen LogP contribution in [0.5, 0.6) is 0 Å². The first-order valence-corrected chi connectivity index (χ1v) is 7.72. The van der Waals surface area contributed by atoms with Gasteiger partial charge in [0.2, 0.25) is 5.91 Å². The molecule has 0 spiro atoms. The Morgan fingerprint density at radius 2 is 2.00 bits per heavy atom. The molecule has 20 heavy (non-hydrogen) atoms. The molecule has 1 fully saturated rings. The monoisotopic (exact) mass is 286 g/mol. The molecule has 0 saturated carbocycles. The highest BCUT2D eigenvalue weighted by Crippen LogP contribution is 2.23. The predicted molar refractivity (Wildman–Crippen MR) is 79.2 cm³/mol. The molecule has 1 amide bonds. The molecule has 1 atom stereocenters. The number of nitrogens with two attached hydrogens (primary N) is 1. The number of hydrogen-bond donors (Lipinski definition) is 3. The van der Waals surface area contributed by atoms with E-state index in [2.05, 4.69) is 19.2 Å². The van der Waals surface area contributed by atoms with Crippen LogP contribution in [0.25, 0.3) is 0 Å². The molecule has 1 saturated heterocycles. The lowest BCUT2D eigenvalue weighted by Gasteiger charge is -2.36. The van der Waals surface area contributed by atoms with E-state index in [1.807, 2.05) is 0 Å². The van der Waals surface area contributed by atoms with Crippen molar-refractivity contribution in [1.82, 2.24) is 5.32 Å². The van der Waals surface area contributed by atoms with E-state index in [9.17, 15) is 9.90 Å². The van der Waals surface area contributed by atoms with Crippen molar-refractivity contribution in [2.75, 3.05) is 26.4 Å². The maximum atomic E-state index is 12.1. The van der Waals surface area contributed by atoms with E-state index in [1.165, 1.54) is 0 Å². The second-order valence-electron chi connectivity index (χ2n) is 6.22. The molecular weight excluding hydrogens is 256 g/mol. The van der Waals surface area contributed by atoms with Gasteiger partial charge < -0.3 is 20.9 Å². The van der Waals surface area contributed by atoms with Crippen LogP contribution in [0.15, 0.2) is 0 Å². The predicted octanol–water partition coefficient (Wildman–Crippen LogP) is 1.05. The second kappa shape index (κ2) is 8.60. The quantitative estimate of drug-likeness (QED) is 0.622. The van der Waals surface area contributed by atoms with Crippen molar-refractivity contribution in [2.24, 2.45) is 17.6 Å². The molecule has 118 valence electrons. The van der Waals surface area contributed by atoms with Gasteiger partial charge in [0.05, 0.1) is 12.1 Å². The summed E-state index contributed by atoms with van der Waals surface area (Å²) in [6.45, 7) is 6.20. The van der Waals surface area contributed by atoms with Gasteiger partial charge >= 0.3 is 0 Å². The average Bonchev–Trinajstić information content (AvgIpc) is 2.44. The Bertz CT molecular complexity index is 289. The Morgan fingerprint density at radius 1 is 1.35 bits per heavy atom. The molecule has 1 rings (SSSR count). The summed E-state index contributed by atoms with van der Waals surface area (Å²) in [7, 11) is 0. The highest BCUT2D eigenvalue weighted by Gasteiger charge is 2.33. The van der Waals surface area contributed by atoms with Crippen molar-refractivity contribution >= 4 is 5.91 Å². The number of rotatable bonds is 8. The van der Waals surface area contributed by atoms with Crippen molar-refractivity contribution in [1.29, 1.82) is 0 Å². The minimum Gasteiger partial charge on any atom is -0.394 e. The molecule has 1 unspecified atom stereocenters. The van der Waals surface area contributed by atoms with Crippen molar-refractivity contribution in [3.63, 3.8) is 0 Å². The molecule has 0 aromatic carbocycles. The number of aliphatic hydroxyl groups excluding tert-OH is 1. The fourth-order valence-corrected chi connectivity index (χ4v) is 2.78. The normalized spacial score (nSPS) is 19.9. The minimum absolute atomic E-state index is 0.0154. The number of carbonyl (C=O) groups excluding carboxylic acids is 1. The topological polar surface area (TPSA) is 84.6 Å². The molecule has 0 aromatic heterocycles. The molecule has 1 heterocycles. The lowest BCUT2D eigenvalue weighted by molar-refractivity contribution is -0.125. The molecule has 1 aliphatic rings. The summed E-state index contributed by atoms with van der Waals surface area (Å²) in [5.74, 6) is 1.07. The van der Waals surface area contributed by atoms with Crippen molar-refractivity contribution in [3.8, 4) is 0 Å². The van der Waals surface area contributed by atoms with Gasteiger partial charge in [-0.2, -0.15) is 0 Å². The standard InChI is InChI=1S/C15H30N2O3/c1-12(2)13(5-8-16)3-4-14(19)17-15(11-18)6-9-20-10-7-15/h12-13,18H,3-11,16H2,1-2H3,(H,17,19). The zero-order valence-corrected chi connectivity index (χ0v) is 12.9. The molecule has 4 N–H and O–H groups in total. The van der Waals surface area contributed by atoms with Crippen LogP contribution in [-0.4, -0.2) is 42.9 Å². The summed E-state index contributed by atoms with van der Waals surface area (Å²) in [5, 5.41) is 12.6. The van der Waals surface area contributed by atoms with E-state index in [0.29, 0.717) is 50.9 Å². The third kappa shape index (κ3) is 5.38. The average molecular weight is 286 g/mol. The van der Waals surface area contributed by atoms with E-state index in [4.69, 9.17) is 10.5 Å². The van der Waals surface area contributed by atoms with Gasteiger partial charge in [0.15, 0.2) is 0 Å². The summed E-state index contributed by atoms with van der Waals surface area (Å²) < 4.78 is 5.29. The van der Waals surface area contributed by atoms with Crippen LogP contribution >= 0.6 is 0 Å². The molecule has 5 heteroatoms. The Labute approximate surface area is 122 Å². The number of aliphatic hydroxyl groups is 1. The minimum atomic E-state index is -0.476. The molecule has 1 aliphatic heterocycles. The van der Waals surface area contributed by atoms with Gasteiger partial charge in [-0.3, -0.25) is 4.79 Å². The summed E-state index contributed by atoms with van der Waals surface area (Å²) in [6, 6.07) is 0. The van der Waals surface area contributed by atoms with Crippen LogP contribution in [0.3, 0.4) is 0 Å². The highest BCUT2D eigenvalue weighted by molar-refractivity contribution is 5.76. The van der Waals surface area contributed by atoms with Crippen molar-refractivity contribution < 1.29 is 14.6 Å². The highest BCUT2D eigenvalue weighted by atomic mass is 16.5. The van der Waals surface area contributed by atoms with Crippen LogP contribution in [0.1, 0.15) is 46.0 Å². The van der Waals surface area contributed by atoms with Crippen LogP contribution in [0.2, 0.25) is 0 Å². The molecule has 0 aromatic rings. The van der Waals surface area contributed by atoms with Crippen LogP contribution in [0, 0.1) is 11.8 Å². The molecule has 0 radical (unpaired) electrons. The lowest BCUT2D eigenvalue weighted by Crippen LogP contribution is -2.54. The fraction of sp³-hybridized carbons (Fsp3) is 0.933. The van der Waals surface area contributed by atoms with Gasteiger partial charge in [-0.05, 0) is 44.1 Å². The maximum absolute atomic E-state index is 12.1. The van der Waals surface area contributed by atoms with Gasteiger partial charge in [0, 0.05) is 19.6 Å². The lowest BCUT2D eigenvalue weighted by atomic mass is 9.87. The number of hydrogen-bond acceptors (Lipinski definition) is 4. The van der Waals surface area contributed by atoms with Gasteiger partial charge in [-0.1, -0.05) is 13.8 Å². The first-order valence-electron chi connectivity index (χ1n) is 7.72. The largest absolute Gasteiger partial charge is 0.394 e. The fourth-order valence-electron chi connectivity index (χ4n) is 2.78. The Hall–Kier alpha value is -0.650. The SMILES string of the molecule is CC(C)C(CCN)CCC(=O)NC1(CO)CCOCC1. The van der Waals surface area contributed by atoms with Crippen LogP contribution < -0.4 is 11.1 Å². The molecule has 0 bridgehead atoms. The second-order valence-corrected chi connectivity index (χ2v) is 6.22. The Balaban J connectivity index is 2.41. The zero-order valence-electron chi connectivity index (χ0n) is 12.9. The van der Waals surface area contributed by atoms with Gasteiger partial charge in [0.1, 0.15) is 0 Å². The van der Waals surface area contributed by atoms with Crippen molar-refractivity contribution in [2.45, 2.75) is 51.5 Å². The van der Waals surface area contributed by atoms with Gasteiger partial charge in [-0.25, -0.2) is 0 Å². The van der Waals surface area contributed by atoms with Crippen LogP contribution in [0.4, 0.5) is 0 Å². The first-order chi connectivity index (χ1) is 9.53. The van der Waals surface area contributed by atoms with E-state index in [-0.39, 0.29) is 12.5 Å². The summed E-state index contributed by atoms with van der Waals surface area (Å²) in [4.78, 5) is 12.1. The number of carbonyl (C=O) groups is 1. The third-order valence-electron chi connectivity index (χ3n) is 4.38. The Morgan fingerprint density at radius 3 is 2.50 bits per heavy atom. The van der Waals surface area contributed by atoms with E-state index >= 15 is 0 Å².